The molecule has 0 bridgehead atoms. The van der Waals surface area contributed by atoms with Crippen molar-refractivity contribution >= 4 is 77.2 Å². The number of rotatable bonds is 8. The monoisotopic (exact) mass is 1000 g/mol. The highest BCUT2D eigenvalue weighted by Crippen LogP contribution is 2.67. The van der Waals surface area contributed by atoms with Crippen LogP contribution in [0.4, 0.5) is 34.1 Å². The van der Waals surface area contributed by atoms with Gasteiger partial charge in [-0.25, -0.2) is 0 Å². The zero-order chi connectivity index (χ0) is 52.0. The van der Waals surface area contributed by atoms with Crippen molar-refractivity contribution in [3.63, 3.8) is 0 Å². The molecule has 14 aromatic carbocycles. The van der Waals surface area contributed by atoms with E-state index in [0.29, 0.717) is 0 Å². The Morgan fingerprint density at radius 1 is 0.215 bits per heavy atom. The van der Waals surface area contributed by atoms with Crippen molar-refractivity contribution in [2.45, 2.75) is 5.41 Å². The highest BCUT2D eigenvalue weighted by atomic mass is 15.2. The topological polar surface area (TPSA) is 6.48 Å². The fourth-order valence-electron chi connectivity index (χ4n) is 13.7. The molecule has 368 valence electrons. The molecule has 0 aliphatic heterocycles. The molecule has 0 saturated heterocycles. The maximum atomic E-state index is 2.61. The van der Waals surface area contributed by atoms with E-state index in [4.69, 9.17) is 0 Å². The molecule has 0 saturated carbocycles. The minimum absolute atomic E-state index is 0.696. The van der Waals surface area contributed by atoms with E-state index >= 15 is 0 Å². The fourth-order valence-corrected chi connectivity index (χ4v) is 13.7. The third-order valence-electron chi connectivity index (χ3n) is 17.0. The van der Waals surface area contributed by atoms with Gasteiger partial charge in [-0.15, -0.1) is 0 Å². The van der Waals surface area contributed by atoms with Crippen molar-refractivity contribution in [1.29, 1.82) is 0 Å². The lowest BCUT2D eigenvalue weighted by atomic mass is 9.69. The summed E-state index contributed by atoms with van der Waals surface area (Å²) in [5.41, 5.74) is 20.7. The van der Waals surface area contributed by atoms with Crippen molar-refractivity contribution in [2.75, 3.05) is 9.80 Å². The van der Waals surface area contributed by atoms with Crippen LogP contribution in [0.25, 0.3) is 87.6 Å². The summed E-state index contributed by atoms with van der Waals surface area (Å²) in [6, 6.07) is 113. The fraction of sp³-hybridized carbons (Fsp3) is 0.0130. The van der Waals surface area contributed by atoms with E-state index in [1.54, 1.807) is 0 Å². The molecule has 2 aliphatic rings. The second-order valence-electron chi connectivity index (χ2n) is 21.1. The quantitative estimate of drug-likeness (QED) is 0.150. The Morgan fingerprint density at radius 3 is 1.04 bits per heavy atom. The Morgan fingerprint density at radius 2 is 0.557 bits per heavy atom. The first-order valence-corrected chi connectivity index (χ1v) is 27.4. The van der Waals surface area contributed by atoms with Gasteiger partial charge in [-0.05, 0) is 136 Å². The molecule has 2 heteroatoms. The minimum atomic E-state index is -0.696. The molecule has 16 rings (SSSR count). The van der Waals surface area contributed by atoms with Crippen molar-refractivity contribution < 1.29 is 0 Å². The average Bonchev–Trinajstić information content (AvgIpc) is 2.39. The SMILES string of the molecule is c1ccc2c(c1)-c1ccccc1C21c2ccccc2-c2ccc(N(c3ccc(-c4cccc5ccccc45)cc3)c3cccc4ccccc34)c(N(c3ccc(-c4cccc5ccccc45)cc3)c3cccc4ccccc34)c21. The third-order valence-corrected chi connectivity index (χ3v) is 17.0. The van der Waals surface area contributed by atoms with Crippen LogP contribution >= 0.6 is 0 Å². The van der Waals surface area contributed by atoms with Gasteiger partial charge in [-0.1, -0.05) is 261 Å². The van der Waals surface area contributed by atoms with Gasteiger partial charge in [0, 0.05) is 27.7 Å². The third kappa shape index (κ3) is 6.78. The van der Waals surface area contributed by atoms with E-state index in [-0.39, 0.29) is 0 Å². The highest BCUT2D eigenvalue weighted by Gasteiger charge is 2.54. The molecule has 0 amide bonds. The Bertz CT molecular complexity index is 4660. The van der Waals surface area contributed by atoms with Crippen LogP contribution in [0, 0.1) is 0 Å². The van der Waals surface area contributed by atoms with Gasteiger partial charge in [0.25, 0.3) is 0 Å². The number of fused-ring (bicyclic) bond motifs is 14. The predicted molar refractivity (Wildman–Crippen MR) is 333 cm³/mol. The van der Waals surface area contributed by atoms with Crippen molar-refractivity contribution in [3.8, 4) is 44.5 Å². The van der Waals surface area contributed by atoms with E-state index in [9.17, 15) is 0 Å². The summed E-state index contributed by atoms with van der Waals surface area (Å²) < 4.78 is 0. The van der Waals surface area contributed by atoms with Crippen LogP contribution in [-0.2, 0) is 5.41 Å². The maximum Gasteiger partial charge on any atom is 0.0757 e. The van der Waals surface area contributed by atoms with Crippen LogP contribution in [0.5, 0.6) is 0 Å². The Labute approximate surface area is 460 Å². The van der Waals surface area contributed by atoms with Gasteiger partial charge in [-0.3, -0.25) is 0 Å². The summed E-state index contributed by atoms with van der Waals surface area (Å²) >= 11 is 0. The Hall–Kier alpha value is -10.3. The lowest BCUT2D eigenvalue weighted by Gasteiger charge is -2.39. The van der Waals surface area contributed by atoms with Crippen LogP contribution in [-0.4, -0.2) is 0 Å². The second kappa shape index (κ2) is 17.9. The zero-order valence-electron chi connectivity index (χ0n) is 43.3. The number of hydrogen-bond donors (Lipinski definition) is 0. The van der Waals surface area contributed by atoms with E-state index < -0.39 is 5.41 Å². The standard InChI is InChI=1S/C77H50N2/c1-5-27-59-51(19-1)23-15-34-61(59)55-41-45-57(46-42-55)78(72-39-17-25-53-21-3-7-29-63(53)72)74-50-49-68-67-33-11-14-38-71(67)77(69-36-12-9-31-65(69)66-32-10-13-37-70(66)77)75(68)76(74)79(73-40-18-26-54-22-4-8-30-64(54)73)58-47-43-56(44-48-58)62-35-16-24-52-20-2-6-28-60(52)62/h1-50H. The molecule has 14 aromatic rings. The van der Waals surface area contributed by atoms with Gasteiger partial charge >= 0.3 is 0 Å². The Balaban J connectivity index is 1.05. The molecular weight excluding hydrogens is 953 g/mol. The van der Waals surface area contributed by atoms with Crippen LogP contribution in [0.1, 0.15) is 22.3 Å². The molecule has 0 unspecified atom stereocenters. The summed E-state index contributed by atoms with van der Waals surface area (Å²) in [4.78, 5) is 5.17. The first-order chi connectivity index (χ1) is 39.2. The molecule has 2 aliphatic carbocycles. The van der Waals surface area contributed by atoms with Gasteiger partial charge in [-0.2, -0.15) is 0 Å². The highest BCUT2D eigenvalue weighted by molar-refractivity contribution is 6.10. The Kier molecular flexibility index (Phi) is 10.2. The van der Waals surface area contributed by atoms with Crippen molar-refractivity contribution in [1.82, 2.24) is 0 Å². The summed E-state index contributed by atoms with van der Waals surface area (Å²) in [6.07, 6.45) is 0. The molecule has 0 aromatic heterocycles. The molecular formula is C77H50N2. The number of anilines is 6. The largest absolute Gasteiger partial charge is 0.308 e. The van der Waals surface area contributed by atoms with Crippen molar-refractivity contribution in [3.05, 3.63) is 326 Å². The molecule has 0 atom stereocenters. The van der Waals surface area contributed by atoms with Gasteiger partial charge in [0.05, 0.1) is 28.2 Å². The first-order valence-electron chi connectivity index (χ1n) is 27.4. The van der Waals surface area contributed by atoms with Crippen molar-refractivity contribution in [2.24, 2.45) is 0 Å². The van der Waals surface area contributed by atoms with Gasteiger partial charge in [0.1, 0.15) is 0 Å². The number of hydrogen-bond acceptors (Lipinski definition) is 2. The molecule has 0 heterocycles. The van der Waals surface area contributed by atoms with Gasteiger partial charge in [0.15, 0.2) is 0 Å². The molecule has 2 nitrogen and oxygen atoms in total. The summed E-state index contributed by atoms with van der Waals surface area (Å²) in [7, 11) is 0. The average molecular weight is 1000 g/mol. The number of nitrogens with zero attached hydrogens (tertiary/aromatic N) is 2. The number of benzene rings is 14. The van der Waals surface area contributed by atoms with Gasteiger partial charge in [0.2, 0.25) is 0 Å². The van der Waals surface area contributed by atoms with Crippen LogP contribution in [0.15, 0.2) is 303 Å². The summed E-state index contributed by atoms with van der Waals surface area (Å²) in [5, 5.41) is 9.62. The zero-order valence-corrected chi connectivity index (χ0v) is 43.3. The predicted octanol–water partition coefficient (Wildman–Crippen LogP) is 20.9. The normalized spacial score (nSPS) is 12.7. The molecule has 0 radical (unpaired) electrons. The molecule has 1 spiro atoms. The van der Waals surface area contributed by atoms with E-state index in [0.717, 1.165) is 34.1 Å². The van der Waals surface area contributed by atoms with E-state index in [2.05, 4.69) is 313 Å². The molecule has 0 fully saturated rings. The maximum absolute atomic E-state index is 2.61. The summed E-state index contributed by atoms with van der Waals surface area (Å²) in [5.74, 6) is 0. The lowest BCUT2D eigenvalue weighted by molar-refractivity contribution is 0.793. The van der Waals surface area contributed by atoms with Gasteiger partial charge < -0.3 is 9.80 Å². The lowest BCUT2D eigenvalue weighted by Crippen LogP contribution is -2.29. The van der Waals surface area contributed by atoms with Crippen LogP contribution in [0.2, 0.25) is 0 Å². The van der Waals surface area contributed by atoms with E-state index in [1.165, 1.54) is 110 Å². The second-order valence-corrected chi connectivity index (χ2v) is 21.1. The minimum Gasteiger partial charge on any atom is -0.308 e. The first kappa shape index (κ1) is 45.0. The molecule has 0 N–H and O–H groups in total. The molecule has 79 heavy (non-hydrogen) atoms. The smallest absolute Gasteiger partial charge is 0.0757 e. The van der Waals surface area contributed by atoms with E-state index in [1.807, 2.05) is 0 Å². The summed E-state index contributed by atoms with van der Waals surface area (Å²) in [6.45, 7) is 0. The van der Waals surface area contributed by atoms with Crippen LogP contribution in [0.3, 0.4) is 0 Å². The van der Waals surface area contributed by atoms with Crippen LogP contribution < -0.4 is 9.80 Å².